The summed E-state index contributed by atoms with van der Waals surface area (Å²) < 4.78 is 0. The van der Waals surface area contributed by atoms with Crippen LogP contribution in [0.15, 0.2) is 66.7 Å². The summed E-state index contributed by atoms with van der Waals surface area (Å²) in [6.07, 6.45) is 0.315. The van der Waals surface area contributed by atoms with Gasteiger partial charge in [-0.25, -0.2) is 0 Å². The number of nitrogens with zero attached hydrogens (tertiary/aromatic N) is 3. The van der Waals surface area contributed by atoms with Crippen molar-refractivity contribution < 1.29 is 4.79 Å². The molecule has 3 rings (SSSR count). The molecule has 0 spiro atoms. The Kier molecular flexibility index (Phi) is 5.04. The fourth-order valence-electron chi connectivity index (χ4n) is 2.55. The Bertz CT molecular complexity index is 847. The van der Waals surface area contributed by atoms with Gasteiger partial charge in [0, 0.05) is 12.7 Å². The Morgan fingerprint density at radius 2 is 1.80 bits per heavy atom. The SMILES string of the molecule is Cc1cccc(CC(=O)Nc2ccc(N(C)c3ccccc3)nn2)c1. The Morgan fingerprint density at radius 3 is 2.48 bits per heavy atom. The van der Waals surface area contributed by atoms with Crippen molar-refractivity contribution in [2.75, 3.05) is 17.3 Å². The Balaban J connectivity index is 1.63. The molecule has 1 heterocycles. The molecule has 1 amide bonds. The highest BCUT2D eigenvalue weighted by Crippen LogP contribution is 2.20. The number of aromatic nitrogens is 2. The van der Waals surface area contributed by atoms with Crippen LogP contribution in [0.4, 0.5) is 17.3 Å². The highest BCUT2D eigenvalue weighted by molar-refractivity contribution is 5.91. The molecule has 0 aliphatic rings. The standard InChI is InChI=1S/C20H20N4O/c1-15-7-6-8-16(13-15)14-20(25)21-18-11-12-19(23-22-18)24(2)17-9-4-3-5-10-17/h3-13H,14H2,1-2H3,(H,21,22,25). The van der Waals surface area contributed by atoms with E-state index in [1.807, 2.05) is 79.5 Å². The third kappa shape index (κ3) is 4.41. The lowest BCUT2D eigenvalue weighted by atomic mass is 10.1. The first kappa shape index (κ1) is 16.6. The van der Waals surface area contributed by atoms with Crippen LogP contribution >= 0.6 is 0 Å². The molecule has 0 radical (unpaired) electrons. The molecule has 5 heteroatoms. The van der Waals surface area contributed by atoms with Crippen molar-refractivity contribution in [3.8, 4) is 0 Å². The molecule has 0 aliphatic heterocycles. The van der Waals surface area contributed by atoms with Crippen LogP contribution in [0.25, 0.3) is 0 Å². The zero-order valence-corrected chi connectivity index (χ0v) is 14.3. The van der Waals surface area contributed by atoms with Gasteiger partial charge in [-0.1, -0.05) is 48.0 Å². The van der Waals surface area contributed by atoms with Crippen LogP contribution in [0.2, 0.25) is 0 Å². The van der Waals surface area contributed by atoms with Gasteiger partial charge >= 0.3 is 0 Å². The first-order valence-electron chi connectivity index (χ1n) is 8.10. The van der Waals surface area contributed by atoms with Crippen molar-refractivity contribution in [1.29, 1.82) is 0 Å². The molecule has 25 heavy (non-hydrogen) atoms. The zero-order valence-electron chi connectivity index (χ0n) is 14.3. The van der Waals surface area contributed by atoms with Gasteiger partial charge in [-0.3, -0.25) is 4.79 Å². The molecule has 1 N–H and O–H groups in total. The van der Waals surface area contributed by atoms with E-state index in [-0.39, 0.29) is 5.91 Å². The van der Waals surface area contributed by atoms with E-state index in [2.05, 4.69) is 15.5 Å². The molecule has 1 aromatic heterocycles. The van der Waals surface area contributed by atoms with Crippen molar-refractivity contribution in [1.82, 2.24) is 10.2 Å². The van der Waals surface area contributed by atoms with Crippen LogP contribution in [0, 0.1) is 6.92 Å². The van der Waals surface area contributed by atoms with Crippen LogP contribution in [0.5, 0.6) is 0 Å². The van der Waals surface area contributed by atoms with Crippen molar-refractivity contribution in [2.24, 2.45) is 0 Å². The van der Waals surface area contributed by atoms with Gasteiger partial charge < -0.3 is 10.2 Å². The minimum absolute atomic E-state index is 0.107. The van der Waals surface area contributed by atoms with Gasteiger partial charge in [-0.15, -0.1) is 10.2 Å². The topological polar surface area (TPSA) is 58.1 Å². The maximum atomic E-state index is 12.1. The number of nitrogens with one attached hydrogen (secondary N) is 1. The van der Waals surface area contributed by atoms with E-state index in [0.717, 1.165) is 16.8 Å². The average molecular weight is 332 g/mol. The lowest BCUT2D eigenvalue weighted by Gasteiger charge is -2.17. The smallest absolute Gasteiger partial charge is 0.229 e. The Hall–Kier alpha value is -3.21. The maximum Gasteiger partial charge on any atom is 0.229 e. The van der Waals surface area contributed by atoms with E-state index in [1.54, 1.807) is 6.07 Å². The predicted molar refractivity (Wildman–Crippen MR) is 100 cm³/mol. The van der Waals surface area contributed by atoms with Gasteiger partial charge in [0.1, 0.15) is 0 Å². The van der Waals surface area contributed by atoms with Crippen LogP contribution in [0.3, 0.4) is 0 Å². The summed E-state index contributed by atoms with van der Waals surface area (Å²) >= 11 is 0. The molecule has 5 nitrogen and oxygen atoms in total. The number of anilines is 3. The van der Waals surface area contributed by atoms with Crippen LogP contribution in [-0.2, 0) is 11.2 Å². The van der Waals surface area contributed by atoms with Crippen molar-refractivity contribution in [3.63, 3.8) is 0 Å². The molecule has 2 aromatic carbocycles. The number of benzene rings is 2. The number of hydrogen-bond donors (Lipinski definition) is 1. The van der Waals surface area contributed by atoms with Gasteiger partial charge in [0.15, 0.2) is 11.6 Å². The Morgan fingerprint density at radius 1 is 1.00 bits per heavy atom. The van der Waals surface area contributed by atoms with E-state index in [0.29, 0.717) is 18.1 Å². The third-order valence-corrected chi connectivity index (χ3v) is 3.85. The highest BCUT2D eigenvalue weighted by Gasteiger charge is 2.08. The average Bonchev–Trinajstić information content (AvgIpc) is 2.62. The van der Waals surface area contributed by atoms with Crippen LogP contribution in [0.1, 0.15) is 11.1 Å². The second-order valence-electron chi connectivity index (χ2n) is 5.89. The zero-order chi connectivity index (χ0) is 17.6. The molecule has 0 fully saturated rings. The summed E-state index contributed by atoms with van der Waals surface area (Å²) in [7, 11) is 1.93. The fraction of sp³-hybridized carbons (Fsp3) is 0.150. The van der Waals surface area contributed by atoms with Crippen molar-refractivity contribution >= 4 is 23.2 Å². The van der Waals surface area contributed by atoms with E-state index in [9.17, 15) is 4.79 Å². The molecular formula is C20H20N4O. The summed E-state index contributed by atoms with van der Waals surface area (Å²) in [5.41, 5.74) is 3.14. The van der Waals surface area contributed by atoms with Gasteiger partial charge in [0.2, 0.25) is 5.91 Å². The molecule has 0 aliphatic carbocycles. The number of amides is 1. The summed E-state index contributed by atoms with van der Waals surface area (Å²) in [5, 5.41) is 11.1. The minimum Gasteiger partial charge on any atom is -0.328 e. The molecule has 0 unspecified atom stereocenters. The van der Waals surface area contributed by atoms with Crippen molar-refractivity contribution in [2.45, 2.75) is 13.3 Å². The number of carbonyl (C=O) groups excluding carboxylic acids is 1. The quantitative estimate of drug-likeness (QED) is 0.773. The molecule has 126 valence electrons. The van der Waals surface area contributed by atoms with Gasteiger partial charge in [-0.05, 0) is 36.8 Å². The first-order valence-corrected chi connectivity index (χ1v) is 8.10. The summed E-state index contributed by atoms with van der Waals surface area (Å²) in [6, 6.07) is 21.4. The molecule has 3 aromatic rings. The number of aryl methyl sites for hydroxylation is 1. The van der Waals surface area contributed by atoms with E-state index in [4.69, 9.17) is 0 Å². The van der Waals surface area contributed by atoms with Crippen LogP contribution < -0.4 is 10.2 Å². The van der Waals surface area contributed by atoms with Crippen LogP contribution in [-0.4, -0.2) is 23.2 Å². The maximum absolute atomic E-state index is 12.1. The molecular weight excluding hydrogens is 312 g/mol. The minimum atomic E-state index is -0.107. The fourth-order valence-corrected chi connectivity index (χ4v) is 2.55. The van der Waals surface area contributed by atoms with Gasteiger partial charge in [0.25, 0.3) is 0 Å². The first-order chi connectivity index (χ1) is 12.1. The van der Waals surface area contributed by atoms with E-state index in [1.165, 1.54) is 0 Å². The lowest BCUT2D eigenvalue weighted by molar-refractivity contribution is -0.115. The summed E-state index contributed by atoms with van der Waals surface area (Å²) in [4.78, 5) is 14.1. The summed E-state index contributed by atoms with van der Waals surface area (Å²) in [5.74, 6) is 1.05. The van der Waals surface area contributed by atoms with Gasteiger partial charge in [-0.2, -0.15) is 0 Å². The second-order valence-corrected chi connectivity index (χ2v) is 5.89. The second kappa shape index (κ2) is 7.57. The summed E-state index contributed by atoms with van der Waals surface area (Å²) in [6.45, 7) is 2.01. The predicted octanol–water partition coefficient (Wildman–Crippen LogP) is 3.73. The van der Waals surface area contributed by atoms with E-state index >= 15 is 0 Å². The Labute approximate surface area is 147 Å². The van der Waals surface area contributed by atoms with E-state index < -0.39 is 0 Å². The largest absolute Gasteiger partial charge is 0.328 e. The molecule has 0 saturated heterocycles. The molecule has 0 bridgehead atoms. The van der Waals surface area contributed by atoms with Crippen molar-refractivity contribution in [3.05, 3.63) is 77.9 Å². The van der Waals surface area contributed by atoms with Gasteiger partial charge in [0.05, 0.1) is 6.42 Å². The number of carbonyl (C=O) groups is 1. The monoisotopic (exact) mass is 332 g/mol. The highest BCUT2D eigenvalue weighted by atomic mass is 16.1. The number of para-hydroxylation sites is 1. The number of rotatable bonds is 5. The third-order valence-electron chi connectivity index (χ3n) is 3.85. The molecule has 0 atom stereocenters. The molecule has 0 saturated carbocycles. The lowest BCUT2D eigenvalue weighted by Crippen LogP contribution is -2.17. The normalized spacial score (nSPS) is 10.3. The number of hydrogen-bond acceptors (Lipinski definition) is 4.